The highest BCUT2D eigenvalue weighted by Crippen LogP contribution is 2.35. The van der Waals surface area contributed by atoms with Crippen LogP contribution in [-0.2, 0) is 5.41 Å². The van der Waals surface area contributed by atoms with Crippen molar-refractivity contribution in [1.29, 1.82) is 0 Å². The van der Waals surface area contributed by atoms with Gasteiger partial charge in [0.25, 0.3) is 0 Å². The van der Waals surface area contributed by atoms with E-state index in [1.807, 2.05) is 0 Å². The SMILES string of the molecule is CC(C)(C)c1nsc(NCC(Cl)C2CC2)n1. The molecule has 1 aromatic heterocycles. The summed E-state index contributed by atoms with van der Waals surface area (Å²) in [6, 6.07) is 0. The number of alkyl halides is 1. The van der Waals surface area contributed by atoms with E-state index in [1.165, 1.54) is 24.4 Å². The summed E-state index contributed by atoms with van der Waals surface area (Å²) in [6.07, 6.45) is 2.55. The first-order chi connectivity index (χ1) is 7.47. The monoisotopic (exact) mass is 259 g/mol. The Hall–Kier alpha value is -0.350. The average Bonchev–Trinajstić information content (AvgIpc) is 2.92. The van der Waals surface area contributed by atoms with Crippen LogP contribution in [0.2, 0.25) is 0 Å². The zero-order valence-corrected chi connectivity index (χ0v) is 11.5. The molecule has 1 saturated carbocycles. The maximum atomic E-state index is 6.22. The molecule has 0 spiro atoms. The third-order valence-electron chi connectivity index (χ3n) is 2.68. The Morgan fingerprint density at radius 2 is 2.19 bits per heavy atom. The van der Waals surface area contributed by atoms with E-state index in [2.05, 4.69) is 35.4 Å². The van der Waals surface area contributed by atoms with E-state index in [1.54, 1.807) is 0 Å². The van der Waals surface area contributed by atoms with Crippen LogP contribution in [0.25, 0.3) is 0 Å². The van der Waals surface area contributed by atoms with Gasteiger partial charge in [0.2, 0.25) is 5.13 Å². The highest BCUT2D eigenvalue weighted by Gasteiger charge is 2.29. The molecule has 1 unspecified atom stereocenters. The molecule has 16 heavy (non-hydrogen) atoms. The number of aromatic nitrogens is 2. The van der Waals surface area contributed by atoms with Crippen molar-refractivity contribution in [3.8, 4) is 0 Å². The van der Waals surface area contributed by atoms with Crippen LogP contribution in [0.4, 0.5) is 5.13 Å². The number of hydrogen-bond donors (Lipinski definition) is 1. The van der Waals surface area contributed by atoms with E-state index >= 15 is 0 Å². The molecule has 1 N–H and O–H groups in total. The topological polar surface area (TPSA) is 37.8 Å². The van der Waals surface area contributed by atoms with Crippen molar-refractivity contribution in [2.45, 2.75) is 44.4 Å². The third-order valence-corrected chi connectivity index (χ3v) is 3.86. The van der Waals surface area contributed by atoms with Crippen LogP contribution in [0, 0.1) is 5.92 Å². The number of rotatable bonds is 4. The highest BCUT2D eigenvalue weighted by molar-refractivity contribution is 7.09. The fourth-order valence-corrected chi connectivity index (χ4v) is 2.50. The fourth-order valence-electron chi connectivity index (χ4n) is 1.41. The lowest BCUT2D eigenvalue weighted by molar-refractivity contribution is 0.555. The van der Waals surface area contributed by atoms with Crippen LogP contribution >= 0.6 is 23.1 Å². The maximum Gasteiger partial charge on any atom is 0.202 e. The summed E-state index contributed by atoms with van der Waals surface area (Å²) in [6.45, 7) is 7.15. The Kier molecular flexibility index (Phi) is 3.40. The van der Waals surface area contributed by atoms with E-state index in [0.29, 0.717) is 5.92 Å². The Labute approximate surface area is 106 Å². The van der Waals surface area contributed by atoms with Crippen molar-refractivity contribution in [1.82, 2.24) is 9.36 Å². The first kappa shape index (κ1) is 12.1. The number of nitrogens with zero attached hydrogens (tertiary/aromatic N) is 2. The van der Waals surface area contributed by atoms with Gasteiger partial charge in [0, 0.05) is 23.5 Å². The standard InChI is InChI=1S/C11H18ClN3S/c1-11(2,3)9-14-10(16-15-9)13-6-8(12)7-4-5-7/h7-8H,4-6H2,1-3H3,(H,13,14,15). The van der Waals surface area contributed by atoms with Gasteiger partial charge in [-0.3, -0.25) is 0 Å². The second-order valence-corrected chi connectivity index (χ2v) is 6.72. The predicted molar refractivity (Wildman–Crippen MR) is 69.5 cm³/mol. The Morgan fingerprint density at radius 3 is 2.69 bits per heavy atom. The maximum absolute atomic E-state index is 6.22. The minimum absolute atomic E-state index is 0.0211. The third kappa shape index (κ3) is 3.08. The Morgan fingerprint density at radius 1 is 1.50 bits per heavy atom. The minimum atomic E-state index is 0.0211. The van der Waals surface area contributed by atoms with E-state index in [4.69, 9.17) is 11.6 Å². The first-order valence-corrected chi connectivity index (χ1v) is 6.90. The van der Waals surface area contributed by atoms with Gasteiger partial charge >= 0.3 is 0 Å². The molecule has 0 saturated heterocycles. The number of anilines is 1. The summed E-state index contributed by atoms with van der Waals surface area (Å²) in [4.78, 5) is 4.47. The van der Waals surface area contributed by atoms with Crippen LogP contribution < -0.4 is 5.32 Å². The largest absolute Gasteiger partial charge is 0.359 e. The highest BCUT2D eigenvalue weighted by atomic mass is 35.5. The van der Waals surface area contributed by atoms with Gasteiger partial charge in [0.15, 0.2) is 0 Å². The summed E-state index contributed by atoms with van der Waals surface area (Å²) in [5.74, 6) is 1.61. The van der Waals surface area contributed by atoms with Crippen LogP contribution in [0.3, 0.4) is 0 Å². The molecule has 90 valence electrons. The molecular formula is C11H18ClN3S. The number of nitrogens with one attached hydrogen (secondary N) is 1. The molecule has 0 aromatic carbocycles. The van der Waals surface area contributed by atoms with Crippen LogP contribution in [0.15, 0.2) is 0 Å². The molecule has 1 aliphatic carbocycles. The second-order valence-electron chi connectivity index (χ2n) is 5.41. The van der Waals surface area contributed by atoms with E-state index in [-0.39, 0.29) is 10.8 Å². The molecule has 5 heteroatoms. The summed E-state index contributed by atoms with van der Waals surface area (Å²) < 4.78 is 4.35. The zero-order valence-electron chi connectivity index (χ0n) is 9.96. The molecular weight excluding hydrogens is 242 g/mol. The van der Waals surface area contributed by atoms with Gasteiger partial charge in [-0.25, -0.2) is 4.98 Å². The average molecular weight is 260 g/mol. The lowest BCUT2D eigenvalue weighted by Crippen LogP contribution is -2.17. The van der Waals surface area contributed by atoms with Crippen molar-refractivity contribution >= 4 is 28.3 Å². The van der Waals surface area contributed by atoms with Crippen LogP contribution in [0.1, 0.15) is 39.4 Å². The second kappa shape index (κ2) is 4.49. The van der Waals surface area contributed by atoms with Gasteiger partial charge in [0.1, 0.15) is 5.82 Å². The van der Waals surface area contributed by atoms with Gasteiger partial charge in [-0.15, -0.1) is 11.6 Å². The molecule has 0 aliphatic heterocycles. The summed E-state index contributed by atoms with van der Waals surface area (Å²) in [5.41, 5.74) is 0.0211. The quantitative estimate of drug-likeness (QED) is 0.844. The van der Waals surface area contributed by atoms with Crippen LogP contribution in [-0.4, -0.2) is 21.3 Å². The predicted octanol–water partition coefficient (Wildman–Crippen LogP) is 3.26. The van der Waals surface area contributed by atoms with Crippen LogP contribution in [0.5, 0.6) is 0 Å². The molecule has 1 fully saturated rings. The molecule has 2 rings (SSSR count). The summed E-state index contributed by atoms with van der Waals surface area (Å²) in [5, 5.41) is 4.39. The molecule has 1 aliphatic rings. The Balaban J connectivity index is 1.87. The fraction of sp³-hybridized carbons (Fsp3) is 0.818. The Bertz CT molecular complexity index is 354. The van der Waals surface area contributed by atoms with Gasteiger partial charge in [-0.2, -0.15) is 4.37 Å². The van der Waals surface area contributed by atoms with Crippen molar-refractivity contribution < 1.29 is 0 Å². The van der Waals surface area contributed by atoms with Crippen molar-refractivity contribution in [3.63, 3.8) is 0 Å². The van der Waals surface area contributed by atoms with E-state index < -0.39 is 0 Å². The molecule has 3 nitrogen and oxygen atoms in total. The summed E-state index contributed by atoms with van der Waals surface area (Å²) >= 11 is 7.64. The van der Waals surface area contributed by atoms with Crippen molar-refractivity contribution in [3.05, 3.63) is 5.82 Å². The van der Waals surface area contributed by atoms with Gasteiger partial charge in [-0.05, 0) is 18.8 Å². The first-order valence-electron chi connectivity index (χ1n) is 5.69. The minimum Gasteiger partial charge on any atom is -0.359 e. The molecule has 0 bridgehead atoms. The van der Waals surface area contributed by atoms with Gasteiger partial charge in [0.05, 0.1) is 5.38 Å². The van der Waals surface area contributed by atoms with Crippen molar-refractivity contribution in [2.24, 2.45) is 5.92 Å². The molecule has 0 radical (unpaired) electrons. The van der Waals surface area contributed by atoms with Crippen molar-refractivity contribution in [2.75, 3.05) is 11.9 Å². The lowest BCUT2D eigenvalue weighted by atomic mass is 9.96. The zero-order chi connectivity index (χ0) is 11.8. The summed E-state index contributed by atoms with van der Waals surface area (Å²) in [7, 11) is 0. The number of hydrogen-bond acceptors (Lipinski definition) is 4. The molecule has 1 aromatic rings. The van der Waals surface area contributed by atoms with Gasteiger partial charge in [-0.1, -0.05) is 20.8 Å². The molecule has 1 heterocycles. The van der Waals surface area contributed by atoms with Gasteiger partial charge < -0.3 is 5.32 Å². The number of halogens is 1. The van der Waals surface area contributed by atoms with E-state index in [0.717, 1.165) is 17.5 Å². The smallest absolute Gasteiger partial charge is 0.202 e. The van der Waals surface area contributed by atoms with E-state index in [9.17, 15) is 0 Å². The molecule has 1 atom stereocenters. The normalized spacial score (nSPS) is 18.5. The molecule has 0 amide bonds. The lowest BCUT2D eigenvalue weighted by Gasteiger charge is -2.12.